The van der Waals surface area contributed by atoms with Gasteiger partial charge in [0, 0.05) is 26.6 Å². The molecule has 0 atom stereocenters. The summed E-state index contributed by atoms with van der Waals surface area (Å²) < 4.78 is 0. The molecule has 0 aliphatic rings. The molecule has 0 spiro atoms. The highest BCUT2D eigenvalue weighted by molar-refractivity contribution is 7.29. The molecule has 98 valence electrons. The molecule has 0 unspecified atom stereocenters. The molecule has 0 nitrogen and oxygen atoms in total. The molecule has 17 heavy (non-hydrogen) atoms. The molecular formula is C14H30Si3. The fourth-order valence-corrected chi connectivity index (χ4v) is 8.61. The van der Waals surface area contributed by atoms with Gasteiger partial charge in [-0.05, 0) is 0 Å². The topological polar surface area (TPSA) is 0 Å². The maximum Gasteiger partial charge on any atom is 0.0183 e. The van der Waals surface area contributed by atoms with Gasteiger partial charge in [0.05, 0.1) is 0 Å². The Balaban J connectivity index is 2.85. The lowest BCUT2D eigenvalue weighted by molar-refractivity contribution is 0.655. The van der Waals surface area contributed by atoms with Crippen LogP contribution in [0.2, 0.25) is 12.1 Å². The Kier molecular flexibility index (Phi) is 17.3. The van der Waals surface area contributed by atoms with E-state index in [0.717, 1.165) is 0 Å². The molecule has 0 N–H and O–H groups in total. The van der Waals surface area contributed by atoms with Crippen molar-refractivity contribution in [2.75, 3.05) is 0 Å². The Morgan fingerprint density at radius 1 is 0.529 bits per heavy atom. The molecule has 0 heterocycles. The van der Waals surface area contributed by atoms with E-state index in [-0.39, 0.29) is 0 Å². The summed E-state index contributed by atoms with van der Waals surface area (Å²) in [6.07, 6.45) is 14.6. The maximum absolute atomic E-state index is 2.30. The van der Waals surface area contributed by atoms with Crippen molar-refractivity contribution in [3.05, 3.63) is 0 Å². The highest BCUT2D eigenvalue weighted by Gasteiger charge is 1.95. The van der Waals surface area contributed by atoms with Gasteiger partial charge in [0.2, 0.25) is 0 Å². The van der Waals surface area contributed by atoms with E-state index < -0.39 is 0 Å². The average Bonchev–Trinajstić information content (AvgIpc) is 2.35. The molecule has 0 aromatic carbocycles. The van der Waals surface area contributed by atoms with E-state index in [9.17, 15) is 0 Å². The zero-order valence-corrected chi connectivity index (χ0v) is 15.0. The highest BCUT2D eigenvalue weighted by Crippen LogP contribution is 2.05. The average molecular weight is 283 g/mol. The van der Waals surface area contributed by atoms with E-state index in [1.165, 1.54) is 103 Å². The van der Waals surface area contributed by atoms with Crippen LogP contribution in [0.15, 0.2) is 0 Å². The first-order valence-corrected chi connectivity index (χ1v) is 13.0. The third kappa shape index (κ3) is 16.7. The van der Waals surface area contributed by atoms with Gasteiger partial charge < -0.3 is 0 Å². The molecular weight excluding hydrogens is 252 g/mol. The Bertz CT molecular complexity index is 115. The van der Waals surface area contributed by atoms with Crippen molar-refractivity contribution in [2.45, 2.75) is 90.1 Å². The van der Waals surface area contributed by atoms with Crippen molar-refractivity contribution < 1.29 is 0 Å². The van der Waals surface area contributed by atoms with Crippen molar-refractivity contribution >= 4 is 26.6 Å². The van der Waals surface area contributed by atoms with Crippen molar-refractivity contribution in [2.24, 2.45) is 0 Å². The monoisotopic (exact) mass is 282 g/mol. The predicted octanol–water partition coefficient (Wildman–Crippen LogP) is 4.71. The summed E-state index contributed by atoms with van der Waals surface area (Å²) in [6.45, 7) is 4.59. The van der Waals surface area contributed by atoms with E-state index in [0.29, 0.717) is 0 Å². The molecule has 3 heteroatoms. The molecule has 0 rings (SSSR count). The van der Waals surface area contributed by atoms with Crippen LogP contribution >= 0.6 is 0 Å². The predicted molar refractivity (Wildman–Crippen MR) is 84.4 cm³/mol. The van der Waals surface area contributed by atoms with Crippen molar-refractivity contribution in [1.82, 2.24) is 0 Å². The zero-order chi connectivity index (χ0) is 12.6. The zero-order valence-electron chi connectivity index (χ0n) is 12.0. The molecule has 0 aromatic rings. The number of unbranched alkanes of at least 4 members (excludes halogenated alkanes) is 8. The van der Waals surface area contributed by atoms with Gasteiger partial charge >= 0.3 is 0 Å². The first-order valence-electron chi connectivity index (χ1n) is 7.62. The van der Waals surface area contributed by atoms with Gasteiger partial charge in [0.1, 0.15) is 0 Å². The van der Waals surface area contributed by atoms with Crippen LogP contribution in [-0.2, 0) is 0 Å². The third-order valence-electron chi connectivity index (χ3n) is 2.99. The quantitative estimate of drug-likeness (QED) is 0.320. The minimum Gasteiger partial charge on any atom is -0.0654 e. The van der Waals surface area contributed by atoms with Gasteiger partial charge in [0.15, 0.2) is 0 Å². The minimum absolute atomic E-state index is 1.30. The SMILES string of the molecule is CCCCCCC[Si][Si][Si]CCCCCCC. The minimum atomic E-state index is 1.30. The fourth-order valence-electron chi connectivity index (χ4n) is 1.82. The van der Waals surface area contributed by atoms with Crippen LogP contribution < -0.4 is 0 Å². The van der Waals surface area contributed by atoms with Crippen LogP contribution in [0.25, 0.3) is 0 Å². The lowest BCUT2D eigenvalue weighted by Gasteiger charge is -2.00. The van der Waals surface area contributed by atoms with Crippen LogP contribution in [0.5, 0.6) is 0 Å². The lowest BCUT2D eigenvalue weighted by Crippen LogP contribution is -2.11. The van der Waals surface area contributed by atoms with Crippen LogP contribution in [0, 0.1) is 0 Å². The number of rotatable bonds is 14. The second-order valence-electron chi connectivity index (χ2n) is 4.81. The van der Waals surface area contributed by atoms with Crippen molar-refractivity contribution in [3.8, 4) is 0 Å². The summed E-state index contributed by atoms with van der Waals surface area (Å²) in [5, 5.41) is 0. The second kappa shape index (κ2) is 16.7. The molecule has 0 amide bonds. The van der Waals surface area contributed by atoms with Gasteiger partial charge in [-0.3, -0.25) is 0 Å². The van der Waals surface area contributed by atoms with Crippen molar-refractivity contribution in [3.63, 3.8) is 0 Å². The Morgan fingerprint density at radius 3 is 1.35 bits per heavy atom. The van der Waals surface area contributed by atoms with Gasteiger partial charge in [-0.2, -0.15) is 0 Å². The summed E-state index contributed by atoms with van der Waals surface area (Å²) >= 11 is 0. The number of hydrogen-bond donors (Lipinski definition) is 0. The van der Waals surface area contributed by atoms with Crippen LogP contribution in [0.3, 0.4) is 0 Å². The Labute approximate surface area is 117 Å². The standard InChI is InChI=1S/C14H30Si3/c1-3-5-7-9-11-13-15-17-16-14-12-10-8-6-4-2/h3-14H2,1-2H3. The van der Waals surface area contributed by atoms with E-state index in [1.807, 2.05) is 0 Å². The van der Waals surface area contributed by atoms with Gasteiger partial charge in [-0.1, -0.05) is 90.1 Å². The molecule has 0 fully saturated rings. The van der Waals surface area contributed by atoms with Crippen LogP contribution in [-0.4, -0.2) is 26.6 Å². The summed E-state index contributed by atoms with van der Waals surface area (Å²) in [5.41, 5.74) is 0. The third-order valence-corrected chi connectivity index (χ3v) is 10.3. The lowest BCUT2D eigenvalue weighted by atomic mass is 10.2. The fraction of sp³-hybridized carbons (Fsp3) is 1.00. The highest BCUT2D eigenvalue weighted by atomic mass is 29.5. The first kappa shape index (κ1) is 17.7. The van der Waals surface area contributed by atoms with Gasteiger partial charge in [-0.25, -0.2) is 0 Å². The molecule has 0 saturated heterocycles. The molecule has 0 aliphatic carbocycles. The first-order chi connectivity index (χ1) is 8.41. The second-order valence-corrected chi connectivity index (χ2v) is 11.9. The molecule has 0 bridgehead atoms. The van der Waals surface area contributed by atoms with E-state index >= 15 is 0 Å². The Hall–Kier alpha value is 0.651. The van der Waals surface area contributed by atoms with E-state index in [1.54, 1.807) is 0 Å². The molecule has 6 radical (unpaired) electrons. The van der Waals surface area contributed by atoms with E-state index in [4.69, 9.17) is 0 Å². The number of hydrogen-bond acceptors (Lipinski definition) is 0. The normalized spacial score (nSPS) is 10.9. The largest absolute Gasteiger partial charge is 0.0654 e. The van der Waals surface area contributed by atoms with Crippen LogP contribution in [0.1, 0.15) is 78.1 Å². The van der Waals surface area contributed by atoms with Crippen molar-refractivity contribution in [1.29, 1.82) is 0 Å². The molecule has 0 aliphatic heterocycles. The summed E-state index contributed by atoms with van der Waals surface area (Å²) in [5.74, 6) is 0. The molecule has 0 saturated carbocycles. The smallest absolute Gasteiger partial charge is 0.0183 e. The summed E-state index contributed by atoms with van der Waals surface area (Å²) in [7, 11) is 3.91. The maximum atomic E-state index is 2.30. The van der Waals surface area contributed by atoms with Gasteiger partial charge in [0.25, 0.3) is 0 Å². The Morgan fingerprint density at radius 2 is 0.941 bits per heavy atom. The van der Waals surface area contributed by atoms with E-state index in [2.05, 4.69) is 13.8 Å². The van der Waals surface area contributed by atoms with Crippen LogP contribution in [0.4, 0.5) is 0 Å². The summed E-state index contributed by atoms with van der Waals surface area (Å²) in [4.78, 5) is 0. The van der Waals surface area contributed by atoms with Gasteiger partial charge in [-0.15, -0.1) is 0 Å². The molecule has 0 aromatic heterocycles. The summed E-state index contributed by atoms with van der Waals surface area (Å²) in [6, 6.07) is 3.07.